The van der Waals surface area contributed by atoms with Gasteiger partial charge in [-0.15, -0.1) is 11.3 Å². The number of hydrogen-bond acceptors (Lipinski definition) is 8. The normalized spacial score (nSPS) is 10.8. The molecule has 5 aromatic heterocycles. The second kappa shape index (κ2) is 12.2. The van der Waals surface area contributed by atoms with Gasteiger partial charge in [-0.3, -0.25) is 9.59 Å². The van der Waals surface area contributed by atoms with E-state index in [1.165, 1.54) is 34.9 Å². The maximum absolute atomic E-state index is 13.7. The number of halogens is 1. The van der Waals surface area contributed by atoms with Crippen molar-refractivity contribution in [2.75, 3.05) is 5.32 Å². The first kappa shape index (κ1) is 27.1. The molecule has 0 fully saturated rings. The van der Waals surface area contributed by atoms with Crippen LogP contribution in [0.4, 0.5) is 5.82 Å². The molecule has 0 radical (unpaired) electrons. The molecule has 0 amide bonds. The van der Waals surface area contributed by atoms with Crippen molar-refractivity contribution in [1.29, 1.82) is 0 Å². The van der Waals surface area contributed by atoms with E-state index >= 15 is 0 Å². The predicted octanol–water partition coefficient (Wildman–Crippen LogP) is 5.95. The Bertz CT molecular complexity index is 1950. The van der Waals surface area contributed by atoms with Crippen molar-refractivity contribution in [3.63, 3.8) is 0 Å². The molecule has 208 valence electrons. The van der Waals surface area contributed by atoms with Gasteiger partial charge in [-0.1, -0.05) is 41.6 Å². The highest BCUT2D eigenvalue weighted by Gasteiger charge is 2.21. The lowest BCUT2D eigenvalue weighted by Crippen LogP contribution is -2.24. The number of oxazole rings is 1. The van der Waals surface area contributed by atoms with Crippen molar-refractivity contribution in [2.24, 2.45) is 0 Å². The lowest BCUT2D eigenvalue weighted by atomic mass is 10.1. The van der Waals surface area contributed by atoms with Gasteiger partial charge in [0.1, 0.15) is 17.8 Å². The molecule has 9 nitrogen and oxygen atoms in total. The van der Waals surface area contributed by atoms with Crippen molar-refractivity contribution < 1.29 is 13.6 Å². The Morgan fingerprint density at radius 2 is 1.98 bits per heavy atom. The number of carbonyl (C=O) groups excluding carboxylic acids is 1. The van der Waals surface area contributed by atoms with Crippen molar-refractivity contribution in [1.82, 2.24) is 19.3 Å². The molecular formula is C31H22ClN5O4S. The standard InChI is InChI=1S/C31H22ClN5O4S/c32-28-9-7-24(42-28)18-34-29-16-27(35-37(29)30(38)22-12-15-40-19-22)25-11-14-36(13-10-23-17-33-20-41-23)31(39)26(25)8-6-21-4-2-1-3-5-21/h1-5,7,9,11-12,14-17,19-20,34H,10,13,18H2. The Labute approximate surface area is 249 Å². The van der Waals surface area contributed by atoms with Crippen molar-refractivity contribution in [2.45, 2.75) is 19.5 Å². The number of hydrogen-bond donors (Lipinski definition) is 1. The van der Waals surface area contributed by atoms with Crippen LogP contribution in [0.25, 0.3) is 11.3 Å². The molecule has 0 spiro atoms. The molecule has 0 unspecified atom stereocenters. The lowest BCUT2D eigenvalue weighted by Gasteiger charge is -2.08. The number of pyridine rings is 1. The first-order valence-electron chi connectivity index (χ1n) is 12.9. The molecule has 0 bridgehead atoms. The van der Waals surface area contributed by atoms with E-state index < -0.39 is 0 Å². The van der Waals surface area contributed by atoms with Crippen LogP contribution in [0.1, 0.15) is 32.1 Å². The number of aryl methyl sites for hydroxylation is 2. The van der Waals surface area contributed by atoms with E-state index in [0.29, 0.717) is 52.2 Å². The SMILES string of the molecule is O=C(c1ccoc1)n1nc(-c2ccn(CCc3cnco3)c(=O)c2C#Cc2ccccc2)cc1NCc1ccc(Cl)s1. The number of anilines is 1. The third-order valence-corrected chi connectivity index (χ3v) is 7.60. The Hall–Kier alpha value is -5.11. The molecule has 0 aliphatic heterocycles. The molecule has 0 saturated heterocycles. The van der Waals surface area contributed by atoms with Crippen LogP contribution in [-0.2, 0) is 19.5 Å². The molecule has 1 N–H and O–H groups in total. The van der Waals surface area contributed by atoms with E-state index in [9.17, 15) is 9.59 Å². The van der Waals surface area contributed by atoms with Gasteiger partial charge in [0.05, 0.1) is 40.2 Å². The maximum atomic E-state index is 13.7. The Morgan fingerprint density at radius 3 is 2.71 bits per heavy atom. The molecule has 0 atom stereocenters. The zero-order valence-corrected chi connectivity index (χ0v) is 23.6. The molecule has 11 heteroatoms. The summed E-state index contributed by atoms with van der Waals surface area (Å²) < 4.78 is 14.0. The molecule has 42 heavy (non-hydrogen) atoms. The molecule has 1 aromatic carbocycles. The van der Waals surface area contributed by atoms with E-state index in [2.05, 4.69) is 27.2 Å². The van der Waals surface area contributed by atoms with Crippen molar-refractivity contribution >= 4 is 34.7 Å². The lowest BCUT2D eigenvalue weighted by molar-refractivity contribution is 0.0947. The Kier molecular flexibility index (Phi) is 7.85. The molecule has 0 aliphatic rings. The summed E-state index contributed by atoms with van der Waals surface area (Å²) in [7, 11) is 0. The second-order valence-corrected chi connectivity index (χ2v) is 10.9. The monoisotopic (exact) mass is 595 g/mol. The first-order valence-corrected chi connectivity index (χ1v) is 14.1. The van der Waals surface area contributed by atoms with Crippen LogP contribution in [0.3, 0.4) is 0 Å². The summed E-state index contributed by atoms with van der Waals surface area (Å²) >= 11 is 7.54. The summed E-state index contributed by atoms with van der Waals surface area (Å²) in [6.07, 6.45) is 7.95. The molecule has 0 aliphatic carbocycles. The van der Waals surface area contributed by atoms with Gasteiger partial charge in [-0.05, 0) is 36.4 Å². The summed E-state index contributed by atoms with van der Waals surface area (Å²) in [4.78, 5) is 32.0. The molecule has 0 saturated carbocycles. The number of nitrogens with one attached hydrogen (secondary N) is 1. The van der Waals surface area contributed by atoms with Gasteiger partial charge in [0.15, 0.2) is 6.39 Å². The number of furan rings is 1. The van der Waals surface area contributed by atoms with Crippen LogP contribution in [0.2, 0.25) is 4.34 Å². The van der Waals surface area contributed by atoms with Gasteiger partial charge >= 0.3 is 0 Å². The third kappa shape index (κ3) is 5.98. The predicted molar refractivity (Wildman–Crippen MR) is 160 cm³/mol. The number of nitrogens with zero attached hydrogens (tertiary/aromatic N) is 4. The minimum atomic E-state index is -0.390. The van der Waals surface area contributed by atoms with Crippen molar-refractivity contribution in [3.05, 3.63) is 134 Å². The first-order chi connectivity index (χ1) is 20.5. The number of rotatable bonds is 8. The average molecular weight is 596 g/mol. The number of benzene rings is 1. The van der Waals surface area contributed by atoms with Crippen LogP contribution in [0, 0.1) is 11.8 Å². The third-order valence-electron chi connectivity index (χ3n) is 6.37. The summed E-state index contributed by atoms with van der Waals surface area (Å²) in [6, 6.07) is 18.2. The van der Waals surface area contributed by atoms with Gasteiger partial charge in [-0.2, -0.15) is 9.78 Å². The highest BCUT2D eigenvalue weighted by atomic mass is 35.5. The van der Waals surface area contributed by atoms with Gasteiger partial charge in [-0.25, -0.2) is 4.98 Å². The fourth-order valence-electron chi connectivity index (χ4n) is 4.26. The van der Waals surface area contributed by atoms with E-state index in [1.54, 1.807) is 35.2 Å². The Morgan fingerprint density at radius 1 is 1.10 bits per heavy atom. The number of thiophene rings is 1. The van der Waals surface area contributed by atoms with E-state index in [0.717, 1.165) is 10.4 Å². The quantitative estimate of drug-likeness (QED) is 0.217. The molecule has 6 rings (SSSR count). The fourth-order valence-corrected chi connectivity index (χ4v) is 5.29. The average Bonchev–Trinajstić information content (AvgIpc) is 3.83. The van der Waals surface area contributed by atoms with Crippen LogP contribution >= 0.6 is 22.9 Å². The van der Waals surface area contributed by atoms with Gasteiger partial charge in [0, 0.05) is 41.2 Å². The molecule has 6 aromatic rings. The summed E-state index contributed by atoms with van der Waals surface area (Å²) in [5.74, 6) is 6.89. The minimum Gasteiger partial charge on any atom is -0.472 e. The summed E-state index contributed by atoms with van der Waals surface area (Å²) in [5, 5.41) is 7.91. The number of aromatic nitrogens is 4. The zero-order valence-electron chi connectivity index (χ0n) is 22.0. The fraction of sp³-hybridized carbons (Fsp3) is 0.0968. The maximum Gasteiger partial charge on any atom is 0.283 e. The smallest absolute Gasteiger partial charge is 0.283 e. The van der Waals surface area contributed by atoms with E-state index in [4.69, 9.17) is 20.4 Å². The summed E-state index contributed by atoms with van der Waals surface area (Å²) in [6.45, 7) is 0.795. The van der Waals surface area contributed by atoms with Gasteiger partial charge in [0.25, 0.3) is 11.5 Å². The van der Waals surface area contributed by atoms with Crippen molar-refractivity contribution in [3.8, 4) is 23.1 Å². The highest BCUT2D eigenvalue weighted by Crippen LogP contribution is 2.27. The second-order valence-electron chi connectivity index (χ2n) is 9.14. The van der Waals surface area contributed by atoms with E-state index in [-0.39, 0.29) is 17.0 Å². The zero-order chi connectivity index (χ0) is 28.9. The van der Waals surface area contributed by atoms with Gasteiger partial charge in [0.2, 0.25) is 0 Å². The van der Waals surface area contributed by atoms with Crippen LogP contribution in [-0.4, -0.2) is 25.2 Å². The van der Waals surface area contributed by atoms with Gasteiger partial charge < -0.3 is 18.7 Å². The topological polar surface area (TPSA) is 108 Å². The number of carbonyl (C=O) groups is 1. The molecular weight excluding hydrogens is 574 g/mol. The largest absolute Gasteiger partial charge is 0.472 e. The molecule has 5 heterocycles. The van der Waals surface area contributed by atoms with Crippen LogP contribution in [0.5, 0.6) is 0 Å². The van der Waals surface area contributed by atoms with E-state index in [1.807, 2.05) is 42.5 Å². The van der Waals surface area contributed by atoms with Crippen LogP contribution in [0.15, 0.2) is 106 Å². The highest BCUT2D eigenvalue weighted by molar-refractivity contribution is 7.16. The Balaban J connectivity index is 1.42. The van der Waals surface area contributed by atoms with Crippen LogP contribution < -0.4 is 10.9 Å². The summed E-state index contributed by atoms with van der Waals surface area (Å²) in [5.41, 5.74) is 1.98. The minimum absolute atomic E-state index is 0.260.